The molecule has 9 heteroatoms. The first-order valence-corrected chi connectivity index (χ1v) is 12.3. The molecule has 33 heavy (non-hydrogen) atoms. The second-order valence-electron chi connectivity index (χ2n) is 8.41. The number of methoxy groups -OCH3 is 1. The van der Waals surface area contributed by atoms with E-state index in [0.29, 0.717) is 43.8 Å². The molecule has 2 saturated heterocycles. The number of nitrogens with one attached hydrogen (secondary N) is 3. The number of terminal acetylenes is 1. The topological polar surface area (TPSA) is 104 Å². The lowest BCUT2D eigenvalue weighted by Gasteiger charge is -2.25. The number of hydrogen-bond acceptors (Lipinski definition) is 5. The number of amides is 3. The quantitative estimate of drug-likeness (QED) is 0.538. The van der Waals surface area contributed by atoms with Crippen molar-refractivity contribution in [3.63, 3.8) is 0 Å². The Labute approximate surface area is 197 Å². The number of rotatable bonds is 7. The number of carbonyl (C=O) groups excluding carboxylic acids is 3. The van der Waals surface area contributed by atoms with Gasteiger partial charge >= 0.3 is 0 Å². The number of aromatic nitrogens is 1. The molecule has 2 aliphatic heterocycles. The molecular formula is C24H28N4O4S. The van der Waals surface area contributed by atoms with E-state index in [1.54, 1.807) is 29.8 Å². The smallest absolute Gasteiger partial charge is 0.271 e. The van der Waals surface area contributed by atoms with Crippen LogP contribution >= 0.6 is 11.8 Å². The van der Waals surface area contributed by atoms with Gasteiger partial charge in [-0.15, -0.1) is 6.42 Å². The van der Waals surface area contributed by atoms with Gasteiger partial charge in [0.15, 0.2) is 0 Å². The van der Waals surface area contributed by atoms with Gasteiger partial charge in [-0.05, 0) is 43.7 Å². The molecule has 3 N–H and O–H groups in total. The van der Waals surface area contributed by atoms with E-state index in [9.17, 15) is 14.4 Å². The molecule has 2 aliphatic rings. The van der Waals surface area contributed by atoms with E-state index >= 15 is 0 Å². The van der Waals surface area contributed by atoms with Crippen LogP contribution in [0, 0.1) is 18.3 Å². The molecule has 2 fully saturated rings. The molecule has 3 amide bonds. The van der Waals surface area contributed by atoms with Gasteiger partial charge < -0.3 is 25.3 Å². The number of nitrogens with zero attached hydrogens (tertiary/aromatic N) is 1. The van der Waals surface area contributed by atoms with E-state index in [1.807, 2.05) is 24.5 Å². The molecule has 2 aromatic rings. The van der Waals surface area contributed by atoms with Crippen molar-refractivity contribution in [2.45, 2.75) is 36.6 Å². The van der Waals surface area contributed by atoms with Gasteiger partial charge in [0.05, 0.1) is 13.2 Å². The number of ether oxygens (including phenoxy) is 1. The van der Waals surface area contributed by atoms with Crippen LogP contribution in [0.2, 0.25) is 0 Å². The number of hydrogen-bond donors (Lipinski definition) is 3. The van der Waals surface area contributed by atoms with Crippen LogP contribution < -0.4 is 15.4 Å². The maximum Gasteiger partial charge on any atom is 0.271 e. The monoisotopic (exact) mass is 468 g/mol. The summed E-state index contributed by atoms with van der Waals surface area (Å²) in [6.07, 6.45) is 9.28. The summed E-state index contributed by atoms with van der Waals surface area (Å²) >= 11 is 1.63. The van der Waals surface area contributed by atoms with Crippen molar-refractivity contribution >= 4 is 40.4 Å². The molecule has 1 aromatic carbocycles. The van der Waals surface area contributed by atoms with Gasteiger partial charge in [0.25, 0.3) is 5.91 Å². The Morgan fingerprint density at radius 2 is 2.24 bits per heavy atom. The van der Waals surface area contributed by atoms with Gasteiger partial charge in [-0.2, -0.15) is 11.8 Å². The molecule has 0 radical (unpaired) electrons. The maximum atomic E-state index is 13.4. The van der Waals surface area contributed by atoms with Crippen LogP contribution in [-0.4, -0.2) is 71.4 Å². The maximum absolute atomic E-state index is 13.4. The van der Waals surface area contributed by atoms with Crippen molar-refractivity contribution in [2.24, 2.45) is 5.92 Å². The zero-order valence-corrected chi connectivity index (χ0v) is 19.5. The zero-order chi connectivity index (χ0) is 23.5. The number of aromatic amines is 1. The molecule has 0 saturated carbocycles. The minimum atomic E-state index is -0.628. The number of fused-ring (bicyclic) bond motifs is 1. The number of benzene rings is 1. The van der Waals surface area contributed by atoms with Gasteiger partial charge in [0.2, 0.25) is 11.8 Å². The van der Waals surface area contributed by atoms with Crippen molar-refractivity contribution in [3.8, 4) is 18.1 Å². The fourth-order valence-corrected chi connectivity index (χ4v) is 5.29. The first-order valence-electron chi connectivity index (χ1n) is 11.0. The Balaban J connectivity index is 1.52. The van der Waals surface area contributed by atoms with Crippen molar-refractivity contribution in [3.05, 3.63) is 30.0 Å². The Kier molecular flexibility index (Phi) is 6.84. The van der Waals surface area contributed by atoms with Crippen molar-refractivity contribution in [2.75, 3.05) is 26.5 Å². The third-order valence-electron chi connectivity index (χ3n) is 6.43. The predicted molar refractivity (Wildman–Crippen MR) is 128 cm³/mol. The summed E-state index contributed by atoms with van der Waals surface area (Å²) in [7, 11) is 1.59. The number of likely N-dealkylation sites (tertiary alicyclic amines) is 1. The summed E-state index contributed by atoms with van der Waals surface area (Å²) < 4.78 is 5.40. The fourth-order valence-electron chi connectivity index (χ4n) is 4.61. The lowest BCUT2D eigenvalue weighted by atomic mass is 9.98. The number of H-pyrrole nitrogens is 1. The first kappa shape index (κ1) is 23.1. The Morgan fingerprint density at radius 1 is 1.42 bits per heavy atom. The third kappa shape index (κ3) is 4.67. The van der Waals surface area contributed by atoms with Crippen molar-refractivity contribution in [1.29, 1.82) is 0 Å². The highest BCUT2D eigenvalue weighted by Gasteiger charge is 2.41. The second-order valence-corrected chi connectivity index (χ2v) is 9.55. The summed E-state index contributed by atoms with van der Waals surface area (Å²) in [5.41, 5.74) is 1.20. The summed E-state index contributed by atoms with van der Waals surface area (Å²) in [6.45, 7) is 1.10. The van der Waals surface area contributed by atoms with Crippen LogP contribution in [0.15, 0.2) is 24.3 Å². The van der Waals surface area contributed by atoms with E-state index in [1.165, 1.54) is 0 Å². The van der Waals surface area contributed by atoms with Crippen LogP contribution in [0.1, 0.15) is 29.8 Å². The Morgan fingerprint density at radius 3 is 2.91 bits per heavy atom. The lowest BCUT2D eigenvalue weighted by molar-refractivity contribution is -0.126. The number of carbonyl (C=O) groups is 3. The molecule has 8 nitrogen and oxygen atoms in total. The molecule has 1 aromatic heterocycles. The van der Waals surface area contributed by atoms with Gasteiger partial charge in [-0.25, -0.2) is 0 Å². The van der Waals surface area contributed by atoms with Crippen LogP contribution in [0.3, 0.4) is 0 Å². The molecule has 0 unspecified atom stereocenters. The van der Waals surface area contributed by atoms with Crippen LogP contribution in [0.25, 0.3) is 10.9 Å². The highest BCUT2D eigenvalue weighted by molar-refractivity contribution is 7.99. The summed E-state index contributed by atoms with van der Waals surface area (Å²) in [5, 5.41) is 6.64. The average Bonchev–Trinajstić information content (AvgIpc) is 3.55. The van der Waals surface area contributed by atoms with Crippen LogP contribution in [-0.2, 0) is 9.59 Å². The van der Waals surface area contributed by atoms with E-state index in [4.69, 9.17) is 11.2 Å². The molecule has 174 valence electrons. The predicted octanol–water partition coefficient (Wildman–Crippen LogP) is 1.77. The second kappa shape index (κ2) is 9.79. The van der Waals surface area contributed by atoms with E-state index in [2.05, 4.69) is 21.5 Å². The van der Waals surface area contributed by atoms with E-state index in [-0.39, 0.29) is 28.9 Å². The zero-order valence-electron chi connectivity index (χ0n) is 18.7. The molecule has 0 aliphatic carbocycles. The van der Waals surface area contributed by atoms with Crippen molar-refractivity contribution in [1.82, 2.24) is 20.5 Å². The molecule has 4 rings (SSSR count). The third-order valence-corrected chi connectivity index (χ3v) is 7.44. The van der Waals surface area contributed by atoms with Crippen LogP contribution in [0.4, 0.5) is 0 Å². The highest BCUT2D eigenvalue weighted by atomic mass is 32.2. The summed E-state index contributed by atoms with van der Waals surface area (Å²) in [6, 6.07) is 6.15. The van der Waals surface area contributed by atoms with Gasteiger partial charge in [-0.1, -0.05) is 12.0 Å². The standard InChI is InChI=1S/C24H28N4O4S/c1-4-15(10-14-8-9-25-22(14)29)26-23(30)20-11-16(33-3)13-28(20)24(31)19-12-17-18(27-19)6-5-7-21(17)32-2/h1,5-7,12,14-16,20,27H,8-11,13H2,2-3H3,(H,25,29)(H,26,30)/t14-,15+,16+,20-/m0/s1. The first-order chi connectivity index (χ1) is 15.9. The van der Waals surface area contributed by atoms with Gasteiger partial charge in [-0.3, -0.25) is 14.4 Å². The highest BCUT2D eigenvalue weighted by Crippen LogP contribution is 2.31. The molecular weight excluding hydrogens is 440 g/mol. The number of thioether (sulfide) groups is 1. The molecule has 3 heterocycles. The largest absolute Gasteiger partial charge is 0.496 e. The van der Waals surface area contributed by atoms with Crippen molar-refractivity contribution < 1.29 is 19.1 Å². The Hall–Kier alpha value is -3.12. The molecule has 0 spiro atoms. The van der Waals surface area contributed by atoms with E-state index < -0.39 is 12.1 Å². The molecule has 4 atom stereocenters. The molecule has 0 bridgehead atoms. The summed E-state index contributed by atoms with van der Waals surface area (Å²) in [5.74, 6) is 2.52. The van der Waals surface area contributed by atoms with Gasteiger partial charge in [0.1, 0.15) is 17.5 Å². The summed E-state index contributed by atoms with van der Waals surface area (Å²) in [4.78, 5) is 43.3. The Bertz CT molecular complexity index is 1110. The lowest BCUT2D eigenvalue weighted by Crippen LogP contribution is -2.49. The SMILES string of the molecule is C#C[C@H](C[C@@H]1CCNC1=O)NC(=O)[C@@H]1C[C@@H](SC)CN1C(=O)c1cc2c(OC)cccc2[nH]1. The van der Waals surface area contributed by atoms with Gasteiger partial charge in [0, 0.05) is 35.2 Å². The fraction of sp³-hybridized carbons (Fsp3) is 0.458. The van der Waals surface area contributed by atoms with Crippen LogP contribution in [0.5, 0.6) is 5.75 Å². The van der Waals surface area contributed by atoms with E-state index in [0.717, 1.165) is 10.9 Å². The minimum absolute atomic E-state index is 0.0288. The normalized spacial score (nSPS) is 23.2. The average molecular weight is 469 g/mol. The minimum Gasteiger partial charge on any atom is -0.496 e.